The summed E-state index contributed by atoms with van der Waals surface area (Å²) < 4.78 is 15.2. The van der Waals surface area contributed by atoms with Gasteiger partial charge in [0.15, 0.2) is 5.82 Å². The van der Waals surface area contributed by atoms with Gasteiger partial charge in [-0.1, -0.05) is 12.1 Å². The summed E-state index contributed by atoms with van der Waals surface area (Å²) in [5.74, 6) is 0.234. The Morgan fingerprint density at radius 1 is 1.46 bits per heavy atom. The van der Waals surface area contributed by atoms with Crippen molar-refractivity contribution in [2.45, 2.75) is 5.88 Å². The zero-order chi connectivity index (χ0) is 9.42. The number of hydrogen-bond donors (Lipinski definition) is 0. The first kappa shape index (κ1) is 9.68. The van der Waals surface area contributed by atoms with Crippen LogP contribution in [-0.2, 0) is 5.88 Å². The molecule has 0 N–H and O–H groups in total. The van der Waals surface area contributed by atoms with Crippen molar-refractivity contribution in [3.63, 3.8) is 0 Å². The molecule has 0 nitrogen and oxygen atoms in total. The third-order valence-electron chi connectivity index (χ3n) is 1.85. The van der Waals surface area contributed by atoms with E-state index in [4.69, 9.17) is 11.6 Å². The van der Waals surface area contributed by atoms with Crippen LogP contribution < -0.4 is 0 Å². The van der Waals surface area contributed by atoms with E-state index >= 15 is 0 Å². The Bertz CT molecular complexity index is 452. The number of rotatable bonds is 1. The van der Waals surface area contributed by atoms with Crippen molar-refractivity contribution < 1.29 is 4.39 Å². The van der Waals surface area contributed by atoms with Crippen LogP contribution in [0.1, 0.15) is 5.56 Å². The van der Waals surface area contributed by atoms with E-state index in [1.165, 1.54) is 11.3 Å². The van der Waals surface area contributed by atoms with Crippen molar-refractivity contribution in [2.24, 2.45) is 0 Å². The lowest BCUT2D eigenvalue weighted by Gasteiger charge is -1.96. The Kier molecular flexibility index (Phi) is 2.76. The molecule has 0 aliphatic carbocycles. The summed E-state index contributed by atoms with van der Waals surface area (Å²) in [6.45, 7) is 0. The molecular formula is C9H5ClFIS. The summed E-state index contributed by atoms with van der Waals surface area (Å²) in [6.07, 6.45) is 0. The fraction of sp³-hybridized carbons (Fsp3) is 0.111. The van der Waals surface area contributed by atoms with Crippen LogP contribution in [0.5, 0.6) is 0 Å². The highest BCUT2D eigenvalue weighted by atomic mass is 127. The van der Waals surface area contributed by atoms with Crippen molar-refractivity contribution in [1.82, 2.24) is 0 Å². The highest BCUT2D eigenvalue weighted by Gasteiger charge is 2.12. The van der Waals surface area contributed by atoms with Gasteiger partial charge in [-0.3, -0.25) is 0 Å². The van der Waals surface area contributed by atoms with Crippen LogP contribution in [0, 0.1) is 8.70 Å². The second-order valence-electron chi connectivity index (χ2n) is 2.61. The Hall–Kier alpha value is 0.130. The van der Waals surface area contributed by atoms with Crippen molar-refractivity contribution in [3.8, 4) is 0 Å². The molecule has 68 valence electrons. The summed E-state index contributed by atoms with van der Waals surface area (Å²) in [5.41, 5.74) is 0.871. The van der Waals surface area contributed by atoms with Crippen molar-refractivity contribution in [3.05, 3.63) is 32.5 Å². The molecule has 0 saturated heterocycles. The number of hydrogen-bond acceptors (Lipinski definition) is 1. The van der Waals surface area contributed by atoms with Crippen molar-refractivity contribution in [2.75, 3.05) is 0 Å². The van der Waals surface area contributed by atoms with E-state index in [1.54, 1.807) is 0 Å². The molecule has 13 heavy (non-hydrogen) atoms. The van der Waals surface area contributed by atoms with E-state index < -0.39 is 0 Å². The fourth-order valence-corrected chi connectivity index (χ4v) is 3.32. The lowest BCUT2D eigenvalue weighted by atomic mass is 10.1. The summed E-state index contributed by atoms with van der Waals surface area (Å²) in [6, 6.07) is 5.69. The Labute approximate surface area is 97.8 Å². The summed E-state index contributed by atoms with van der Waals surface area (Å²) in [4.78, 5) is 0. The van der Waals surface area contributed by atoms with Crippen LogP contribution in [0.4, 0.5) is 4.39 Å². The molecule has 0 bridgehead atoms. The lowest BCUT2D eigenvalue weighted by Crippen LogP contribution is -1.81. The number of thiophene rings is 1. The molecule has 0 unspecified atom stereocenters. The molecule has 1 aromatic heterocycles. The first-order valence-electron chi connectivity index (χ1n) is 3.65. The quantitative estimate of drug-likeness (QED) is 0.539. The fourth-order valence-electron chi connectivity index (χ4n) is 1.26. The van der Waals surface area contributed by atoms with E-state index in [0.29, 0.717) is 14.2 Å². The maximum Gasteiger partial charge on any atom is 0.155 e. The summed E-state index contributed by atoms with van der Waals surface area (Å²) in [5, 5.41) is 0.687. The Morgan fingerprint density at radius 3 is 2.92 bits per heavy atom. The average molecular weight is 327 g/mol. The standard InChI is InChI=1S/C9H5ClFIS/c10-4-5-2-1-3-6-7(5)8(11)9(12)13-6/h1-3H,4H2. The largest absolute Gasteiger partial charge is 0.204 e. The van der Waals surface area contributed by atoms with Crippen LogP contribution >= 0.6 is 45.5 Å². The van der Waals surface area contributed by atoms with Crippen LogP contribution in [0.15, 0.2) is 18.2 Å². The molecule has 0 atom stereocenters. The van der Waals surface area contributed by atoms with E-state index in [-0.39, 0.29) is 5.82 Å². The van der Waals surface area contributed by atoms with Crippen molar-refractivity contribution >= 4 is 55.6 Å². The number of alkyl halides is 1. The van der Waals surface area contributed by atoms with Gasteiger partial charge in [0, 0.05) is 16.0 Å². The molecule has 2 rings (SSSR count). The molecular weight excluding hydrogens is 322 g/mol. The number of halogens is 3. The van der Waals surface area contributed by atoms with E-state index in [9.17, 15) is 4.39 Å². The zero-order valence-electron chi connectivity index (χ0n) is 6.48. The molecule has 0 amide bonds. The van der Waals surface area contributed by atoms with Gasteiger partial charge >= 0.3 is 0 Å². The topological polar surface area (TPSA) is 0 Å². The molecule has 1 heterocycles. The highest BCUT2D eigenvalue weighted by molar-refractivity contribution is 14.1. The number of fused-ring (bicyclic) bond motifs is 1. The third-order valence-corrected chi connectivity index (χ3v) is 4.19. The minimum Gasteiger partial charge on any atom is -0.204 e. The number of benzene rings is 1. The molecule has 0 aliphatic heterocycles. The van der Waals surface area contributed by atoms with Gasteiger partial charge in [0.2, 0.25) is 0 Å². The van der Waals surface area contributed by atoms with Gasteiger partial charge in [0.05, 0.1) is 0 Å². The van der Waals surface area contributed by atoms with Gasteiger partial charge in [-0.15, -0.1) is 22.9 Å². The van der Waals surface area contributed by atoms with E-state index in [2.05, 4.69) is 0 Å². The van der Waals surface area contributed by atoms with Gasteiger partial charge in [-0.25, -0.2) is 4.39 Å². The summed E-state index contributed by atoms with van der Waals surface area (Å²) >= 11 is 9.19. The molecule has 2 aromatic rings. The van der Waals surface area contributed by atoms with Gasteiger partial charge in [0.1, 0.15) is 2.88 Å². The van der Waals surface area contributed by atoms with Crippen molar-refractivity contribution in [1.29, 1.82) is 0 Å². The van der Waals surface area contributed by atoms with Crippen LogP contribution in [0.25, 0.3) is 10.1 Å². The van der Waals surface area contributed by atoms with Crippen LogP contribution in [0.3, 0.4) is 0 Å². The highest BCUT2D eigenvalue weighted by Crippen LogP contribution is 2.33. The smallest absolute Gasteiger partial charge is 0.155 e. The molecule has 1 aromatic carbocycles. The van der Waals surface area contributed by atoms with Gasteiger partial charge in [-0.05, 0) is 34.2 Å². The molecule has 0 spiro atoms. The minimum absolute atomic E-state index is 0.128. The maximum atomic E-state index is 13.6. The Balaban J connectivity index is 2.87. The van der Waals surface area contributed by atoms with E-state index in [0.717, 1.165) is 10.3 Å². The van der Waals surface area contributed by atoms with Crippen LogP contribution in [-0.4, -0.2) is 0 Å². The van der Waals surface area contributed by atoms with Gasteiger partial charge in [0.25, 0.3) is 0 Å². The second kappa shape index (κ2) is 3.71. The molecule has 4 heteroatoms. The molecule has 0 fully saturated rings. The first-order chi connectivity index (χ1) is 6.24. The normalized spacial score (nSPS) is 11.0. The molecule has 0 saturated carbocycles. The van der Waals surface area contributed by atoms with Crippen LogP contribution in [0.2, 0.25) is 0 Å². The molecule has 0 radical (unpaired) electrons. The zero-order valence-corrected chi connectivity index (χ0v) is 10.2. The summed E-state index contributed by atoms with van der Waals surface area (Å²) in [7, 11) is 0. The van der Waals surface area contributed by atoms with Gasteiger partial charge in [-0.2, -0.15) is 0 Å². The molecule has 0 aliphatic rings. The Morgan fingerprint density at radius 2 is 2.23 bits per heavy atom. The monoisotopic (exact) mass is 326 g/mol. The van der Waals surface area contributed by atoms with E-state index in [1.807, 2.05) is 40.8 Å². The maximum absolute atomic E-state index is 13.6. The third kappa shape index (κ3) is 1.57. The van der Waals surface area contributed by atoms with Gasteiger partial charge < -0.3 is 0 Å². The average Bonchev–Trinajstić information content (AvgIpc) is 2.43. The predicted octanol–water partition coefficient (Wildman–Crippen LogP) is 4.38. The second-order valence-corrected chi connectivity index (χ2v) is 5.74. The SMILES string of the molecule is Fc1c(I)sc2cccc(CCl)c12. The minimum atomic E-state index is -0.128. The predicted molar refractivity (Wildman–Crippen MR) is 64.1 cm³/mol. The lowest BCUT2D eigenvalue weighted by molar-refractivity contribution is 0.637. The first-order valence-corrected chi connectivity index (χ1v) is 6.08.